The summed E-state index contributed by atoms with van der Waals surface area (Å²) in [6, 6.07) is 19.6. The number of amides is 2. The molecule has 8 nitrogen and oxygen atoms in total. The predicted octanol–water partition coefficient (Wildman–Crippen LogP) is 5.15. The number of nitro groups is 1. The normalized spacial score (nSPS) is 10.6. The van der Waals surface area contributed by atoms with E-state index in [1.165, 1.54) is 18.2 Å². The van der Waals surface area contributed by atoms with Crippen LogP contribution in [0.4, 0.5) is 17.1 Å². The third-order valence-electron chi connectivity index (χ3n) is 4.73. The van der Waals surface area contributed by atoms with Crippen molar-refractivity contribution < 1.29 is 18.9 Å². The van der Waals surface area contributed by atoms with E-state index in [4.69, 9.17) is 4.42 Å². The highest BCUT2D eigenvalue weighted by Crippen LogP contribution is 2.24. The third-order valence-corrected chi connectivity index (χ3v) is 4.73. The number of aryl methyl sites for hydroxylation is 1. The first-order chi connectivity index (χ1) is 14.9. The first-order valence-corrected chi connectivity index (χ1v) is 9.38. The Morgan fingerprint density at radius 3 is 2.39 bits per heavy atom. The van der Waals surface area contributed by atoms with Crippen LogP contribution >= 0.6 is 0 Å². The molecule has 4 rings (SSSR count). The van der Waals surface area contributed by atoms with Crippen molar-refractivity contribution in [2.24, 2.45) is 0 Å². The number of carbonyl (C=O) groups is 2. The molecule has 0 aliphatic carbocycles. The Morgan fingerprint density at radius 2 is 1.65 bits per heavy atom. The molecule has 1 heterocycles. The summed E-state index contributed by atoms with van der Waals surface area (Å²) in [6.07, 6.45) is 0. The van der Waals surface area contributed by atoms with E-state index in [-0.39, 0.29) is 17.0 Å². The molecular formula is C23H17N3O5. The number of anilines is 2. The fourth-order valence-electron chi connectivity index (χ4n) is 3.18. The van der Waals surface area contributed by atoms with E-state index in [1.807, 2.05) is 18.2 Å². The maximum Gasteiger partial charge on any atom is 0.291 e. The molecule has 0 aliphatic heterocycles. The Hall–Kier alpha value is -4.46. The van der Waals surface area contributed by atoms with Gasteiger partial charge in [-0.15, -0.1) is 0 Å². The molecule has 1 aromatic heterocycles. The van der Waals surface area contributed by atoms with E-state index in [1.54, 1.807) is 43.3 Å². The van der Waals surface area contributed by atoms with Gasteiger partial charge >= 0.3 is 0 Å². The second-order valence-electron chi connectivity index (χ2n) is 6.86. The minimum atomic E-state index is -0.600. The van der Waals surface area contributed by atoms with Crippen LogP contribution in [0.1, 0.15) is 26.5 Å². The summed E-state index contributed by atoms with van der Waals surface area (Å²) in [5.74, 6) is -0.795. The topological polar surface area (TPSA) is 114 Å². The van der Waals surface area contributed by atoms with Gasteiger partial charge in [0, 0.05) is 22.8 Å². The summed E-state index contributed by atoms with van der Waals surface area (Å²) in [5, 5.41) is 17.4. The zero-order chi connectivity index (χ0) is 22.0. The Labute approximate surface area is 176 Å². The maximum absolute atomic E-state index is 12.5. The van der Waals surface area contributed by atoms with Gasteiger partial charge < -0.3 is 15.1 Å². The summed E-state index contributed by atoms with van der Waals surface area (Å²) >= 11 is 0. The summed E-state index contributed by atoms with van der Waals surface area (Å²) in [7, 11) is 0. The minimum absolute atomic E-state index is 0.0348. The van der Waals surface area contributed by atoms with E-state index in [0.717, 1.165) is 5.39 Å². The van der Waals surface area contributed by atoms with Crippen LogP contribution in [0.3, 0.4) is 0 Å². The molecule has 0 saturated carbocycles. The van der Waals surface area contributed by atoms with Crippen LogP contribution in [0.2, 0.25) is 0 Å². The lowest BCUT2D eigenvalue weighted by Gasteiger charge is -2.11. The van der Waals surface area contributed by atoms with Crippen molar-refractivity contribution in [3.05, 3.63) is 99.8 Å². The summed E-state index contributed by atoms with van der Waals surface area (Å²) < 4.78 is 5.57. The highest BCUT2D eigenvalue weighted by molar-refractivity contribution is 6.08. The number of para-hydroxylation sites is 2. The highest BCUT2D eigenvalue weighted by atomic mass is 16.6. The fraction of sp³-hybridized carbons (Fsp3) is 0.0435. The molecule has 3 aromatic carbocycles. The molecule has 0 spiro atoms. The van der Waals surface area contributed by atoms with Crippen LogP contribution in [0.25, 0.3) is 11.0 Å². The van der Waals surface area contributed by atoms with Gasteiger partial charge in [0.15, 0.2) is 5.76 Å². The Bertz CT molecular complexity index is 1290. The van der Waals surface area contributed by atoms with Gasteiger partial charge in [0.2, 0.25) is 0 Å². The number of fused-ring (bicyclic) bond motifs is 1. The second kappa shape index (κ2) is 8.11. The standard InChI is InChI=1S/C23H17N3O5/c1-14-12-16(24-22(27)17-7-3-4-8-19(17)26(29)30)10-11-18(14)25-23(28)21-13-15-6-2-5-9-20(15)31-21/h2-13H,1H3,(H,24,27)(H,25,28). The van der Waals surface area contributed by atoms with Gasteiger partial charge in [-0.2, -0.15) is 0 Å². The molecule has 0 unspecified atom stereocenters. The van der Waals surface area contributed by atoms with Gasteiger partial charge in [-0.1, -0.05) is 30.3 Å². The van der Waals surface area contributed by atoms with Crippen LogP contribution < -0.4 is 10.6 Å². The number of rotatable bonds is 5. The van der Waals surface area contributed by atoms with Crippen molar-refractivity contribution in [3.8, 4) is 0 Å². The van der Waals surface area contributed by atoms with E-state index in [2.05, 4.69) is 10.6 Å². The van der Waals surface area contributed by atoms with E-state index in [0.29, 0.717) is 22.5 Å². The van der Waals surface area contributed by atoms with Crippen molar-refractivity contribution in [2.75, 3.05) is 10.6 Å². The first kappa shape index (κ1) is 19.8. The zero-order valence-electron chi connectivity index (χ0n) is 16.4. The smallest absolute Gasteiger partial charge is 0.291 e. The average Bonchev–Trinajstić information content (AvgIpc) is 3.20. The number of furan rings is 1. The van der Waals surface area contributed by atoms with Crippen molar-refractivity contribution in [1.29, 1.82) is 0 Å². The van der Waals surface area contributed by atoms with Gasteiger partial charge in [0.05, 0.1) is 4.92 Å². The number of hydrogen-bond donors (Lipinski definition) is 2. The number of nitrogens with one attached hydrogen (secondary N) is 2. The maximum atomic E-state index is 12.5. The molecule has 2 amide bonds. The van der Waals surface area contributed by atoms with Gasteiger partial charge in [0.1, 0.15) is 11.1 Å². The lowest BCUT2D eigenvalue weighted by atomic mass is 10.1. The molecule has 0 saturated heterocycles. The average molecular weight is 415 g/mol. The summed E-state index contributed by atoms with van der Waals surface area (Å²) in [5.41, 5.74) is 2.01. The van der Waals surface area contributed by atoms with E-state index in [9.17, 15) is 19.7 Å². The molecule has 31 heavy (non-hydrogen) atoms. The Kier molecular flexibility index (Phi) is 5.19. The molecule has 8 heteroatoms. The summed E-state index contributed by atoms with van der Waals surface area (Å²) in [6.45, 7) is 1.77. The lowest BCUT2D eigenvalue weighted by Crippen LogP contribution is -2.15. The molecule has 154 valence electrons. The molecule has 0 atom stereocenters. The largest absolute Gasteiger partial charge is 0.451 e. The molecule has 0 aliphatic rings. The molecular weight excluding hydrogens is 398 g/mol. The molecule has 0 radical (unpaired) electrons. The quantitative estimate of drug-likeness (QED) is 0.345. The van der Waals surface area contributed by atoms with Gasteiger partial charge in [-0.25, -0.2) is 0 Å². The van der Waals surface area contributed by atoms with Crippen molar-refractivity contribution in [1.82, 2.24) is 0 Å². The van der Waals surface area contributed by atoms with Gasteiger partial charge in [0.25, 0.3) is 17.5 Å². The van der Waals surface area contributed by atoms with Crippen LogP contribution in [-0.4, -0.2) is 16.7 Å². The molecule has 4 aromatic rings. The van der Waals surface area contributed by atoms with Crippen LogP contribution in [0.5, 0.6) is 0 Å². The van der Waals surface area contributed by atoms with Crippen molar-refractivity contribution in [2.45, 2.75) is 6.92 Å². The second-order valence-corrected chi connectivity index (χ2v) is 6.86. The predicted molar refractivity (Wildman–Crippen MR) is 116 cm³/mol. The number of hydrogen-bond acceptors (Lipinski definition) is 5. The highest BCUT2D eigenvalue weighted by Gasteiger charge is 2.19. The number of benzene rings is 3. The van der Waals surface area contributed by atoms with Crippen LogP contribution in [0.15, 0.2) is 77.2 Å². The molecule has 0 fully saturated rings. The monoisotopic (exact) mass is 415 g/mol. The first-order valence-electron chi connectivity index (χ1n) is 9.38. The van der Waals surface area contributed by atoms with E-state index >= 15 is 0 Å². The number of carbonyl (C=O) groups excluding carboxylic acids is 2. The Morgan fingerprint density at radius 1 is 0.903 bits per heavy atom. The number of nitrogens with zero attached hydrogens (tertiary/aromatic N) is 1. The minimum Gasteiger partial charge on any atom is -0.451 e. The molecule has 0 bridgehead atoms. The zero-order valence-corrected chi connectivity index (χ0v) is 16.4. The third kappa shape index (κ3) is 4.13. The number of nitro benzene ring substituents is 1. The summed E-state index contributed by atoms with van der Waals surface area (Å²) in [4.78, 5) is 35.6. The lowest BCUT2D eigenvalue weighted by molar-refractivity contribution is -0.385. The van der Waals surface area contributed by atoms with Crippen LogP contribution in [-0.2, 0) is 0 Å². The van der Waals surface area contributed by atoms with Crippen LogP contribution in [0, 0.1) is 17.0 Å². The SMILES string of the molecule is Cc1cc(NC(=O)c2ccccc2[N+](=O)[O-])ccc1NC(=O)c1cc2ccccc2o1. The van der Waals surface area contributed by atoms with E-state index < -0.39 is 16.7 Å². The van der Waals surface area contributed by atoms with Gasteiger partial charge in [-0.05, 0) is 48.9 Å². The van der Waals surface area contributed by atoms with Crippen molar-refractivity contribution in [3.63, 3.8) is 0 Å². The molecule has 2 N–H and O–H groups in total. The van der Waals surface area contributed by atoms with Crippen molar-refractivity contribution >= 4 is 39.8 Å². The fourth-order valence-corrected chi connectivity index (χ4v) is 3.18. The van der Waals surface area contributed by atoms with Gasteiger partial charge in [-0.3, -0.25) is 19.7 Å². The Balaban J connectivity index is 1.50.